The summed E-state index contributed by atoms with van der Waals surface area (Å²) < 4.78 is 26.4. The van der Waals surface area contributed by atoms with Crippen LogP contribution < -0.4 is 5.32 Å². The number of halogens is 2. The van der Waals surface area contributed by atoms with E-state index in [1.807, 2.05) is 0 Å². The molecule has 0 spiro atoms. The molecular formula is C14H17F2NO2. The summed E-state index contributed by atoms with van der Waals surface area (Å²) >= 11 is 0. The Morgan fingerprint density at radius 2 is 1.95 bits per heavy atom. The number of aliphatic hydroxyl groups excluding tert-OH is 1. The molecule has 19 heavy (non-hydrogen) atoms. The number of hydrogen-bond acceptors (Lipinski definition) is 2. The van der Waals surface area contributed by atoms with E-state index in [0.29, 0.717) is 12.8 Å². The Morgan fingerprint density at radius 1 is 1.26 bits per heavy atom. The highest BCUT2D eigenvalue weighted by Crippen LogP contribution is 2.29. The lowest BCUT2D eigenvalue weighted by Crippen LogP contribution is -2.28. The third-order valence-corrected chi connectivity index (χ3v) is 3.66. The second-order valence-electron chi connectivity index (χ2n) is 5.01. The number of carbonyl (C=O) groups is 1. The fourth-order valence-electron chi connectivity index (χ4n) is 2.44. The van der Waals surface area contributed by atoms with Gasteiger partial charge >= 0.3 is 0 Å². The van der Waals surface area contributed by atoms with Crippen LogP contribution in [0.25, 0.3) is 0 Å². The Balaban J connectivity index is 1.96. The summed E-state index contributed by atoms with van der Waals surface area (Å²) in [6, 6.07) is 2.98. The van der Waals surface area contributed by atoms with Crippen LogP contribution in [-0.2, 0) is 4.79 Å². The number of nitrogens with one attached hydrogen (secondary N) is 1. The van der Waals surface area contributed by atoms with Gasteiger partial charge in [0.15, 0.2) is 0 Å². The fraction of sp³-hybridized carbons (Fsp3) is 0.500. The molecule has 0 aliphatic heterocycles. The summed E-state index contributed by atoms with van der Waals surface area (Å²) in [5.41, 5.74) is -0.116. The molecule has 3 nitrogen and oxygen atoms in total. The zero-order chi connectivity index (χ0) is 13.8. The second kappa shape index (κ2) is 6.10. The monoisotopic (exact) mass is 269 g/mol. The van der Waals surface area contributed by atoms with E-state index in [2.05, 4.69) is 5.32 Å². The third-order valence-electron chi connectivity index (χ3n) is 3.66. The summed E-state index contributed by atoms with van der Waals surface area (Å²) in [6.45, 7) is 0.146. The van der Waals surface area contributed by atoms with E-state index in [9.17, 15) is 13.6 Å². The molecule has 1 saturated carbocycles. The van der Waals surface area contributed by atoms with Crippen molar-refractivity contribution in [1.29, 1.82) is 0 Å². The van der Waals surface area contributed by atoms with Gasteiger partial charge in [-0.3, -0.25) is 4.79 Å². The summed E-state index contributed by atoms with van der Waals surface area (Å²) in [5, 5.41) is 11.5. The van der Waals surface area contributed by atoms with E-state index >= 15 is 0 Å². The highest BCUT2D eigenvalue weighted by atomic mass is 19.1. The van der Waals surface area contributed by atoms with Crippen LogP contribution in [-0.4, -0.2) is 17.6 Å². The lowest BCUT2D eigenvalue weighted by Gasteiger charge is -2.26. The summed E-state index contributed by atoms with van der Waals surface area (Å²) in [5.74, 6) is -1.43. The molecule has 2 N–H and O–H groups in total. The van der Waals surface area contributed by atoms with E-state index in [0.717, 1.165) is 31.0 Å². The highest BCUT2D eigenvalue weighted by molar-refractivity contribution is 5.92. The van der Waals surface area contributed by atoms with Gasteiger partial charge in [0.2, 0.25) is 5.91 Å². The SMILES string of the molecule is O=C(Nc1cc(F)ccc1F)C1CCC(CO)CC1. The van der Waals surface area contributed by atoms with Crippen LogP contribution in [0, 0.1) is 23.5 Å². The van der Waals surface area contributed by atoms with Gasteiger partial charge in [-0.1, -0.05) is 0 Å². The zero-order valence-electron chi connectivity index (χ0n) is 10.5. The number of benzene rings is 1. The molecule has 0 bridgehead atoms. The lowest BCUT2D eigenvalue weighted by molar-refractivity contribution is -0.121. The molecule has 1 aromatic carbocycles. The predicted octanol–water partition coefficient (Wildman–Crippen LogP) is 2.70. The van der Waals surface area contributed by atoms with E-state index < -0.39 is 11.6 Å². The number of amides is 1. The van der Waals surface area contributed by atoms with Crippen LogP contribution in [0.1, 0.15) is 25.7 Å². The van der Waals surface area contributed by atoms with Crippen molar-refractivity contribution in [3.05, 3.63) is 29.8 Å². The van der Waals surface area contributed by atoms with Gasteiger partial charge in [0.05, 0.1) is 5.69 Å². The van der Waals surface area contributed by atoms with Crippen molar-refractivity contribution in [2.75, 3.05) is 11.9 Å². The molecule has 0 unspecified atom stereocenters. The minimum absolute atomic E-state index is 0.116. The molecule has 0 aromatic heterocycles. The maximum absolute atomic E-state index is 13.4. The fourth-order valence-corrected chi connectivity index (χ4v) is 2.44. The van der Waals surface area contributed by atoms with Crippen molar-refractivity contribution < 1.29 is 18.7 Å². The van der Waals surface area contributed by atoms with Crippen molar-refractivity contribution in [3.63, 3.8) is 0 Å². The van der Waals surface area contributed by atoms with Crippen molar-refractivity contribution >= 4 is 11.6 Å². The topological polar surface area (TPSA) is 49.3 Å². The van der Waals surface area contributed by atoms with E-state index in [-0.39, 0.29) is 30.0 Å². The molecule has 2 rings (SSSR count). The van der Waals surface area contributed by atoms with Gasteiger partial charge in [0, 0.05) is 18.6 Å². The van der Waals surface area contributed by atoms with Crippen LogP contribution in [0.3, 0.4) is 0 Å². The van der Waals surface area contributed by atoms with Gasteiger partial charge in [0.1, 0.15) is 11.6 Å². The molecule has 104 valence electrons. The number of aliphatic hydroxyl groups is 1. The van der Waals surface area contributed by atoms with Crippen LogP contribution in [0.4, 0.5) is 14.5 Å². The van der Waals surface area contributed by atoms with Gasteiger partial charge in [-0.2, -0.15) is 0 Å². The van der Waals surface area contributed by atoms with E-state index in [4.69, 9.17) is 5.11 Å². The van der Waals surface area contributed by atoms with E-state index in [1.165, 1.54) is 0 Å². The summed E-state index contributed by atoms with van der Waals surface area (Å²) in [4.78, 5) is 12.0. The zero-order valence-corrected chi connectivity index (χ0v) is 10.5. The Bertz CT molecular complexity index is 457. The van der Waals surface area contributed by atoms with Crippen LogP contribution >= 0.6 is 0 Å². The van der Waals surface area contributed by atoms with Crippen LogP contribution in [0.15, 0.2) is 18.2 Å². The first-order chi connectivity index (χ1) is 9.10. The Morgan fingerprint density at radius 3 is 2.58 bits per heavy atom. The Hall–Kier alpha value is -1.49. The van der Waals surface area contributed by atoms with E-state index in [1.54, 1.807) is 0 Å². The Kier molecular flexibility index (Phi) is 4.47. The predicted molar refractivity (Wildman–Crippen MR) is 67.5 cm³/mol. The van der Waals surface area contributed by atoms with Gasteiger partial charge in [0.25, 0.3) is 0 Å². The summed E-state index contributed by atoms with van der Waals surface area (Å²) in [7, 11) is 0. The molecule has 1 fully saturated rings. The summed E-state index contributed by atoms with van der Waals surface area (Å²) in [6.07, 6.45) is 2.93. The largest absolute Gasteiger partial charge is 0.396 e. The first kappa shape index (κ1) is 13.9. The normalized spacial score (nSPS) is 23.1. The Labute approximate surface area is 110 Å². The van der Waals surface area contributed by atoms with Gasteiger partial charge in [-0.05, 0) is 43.7 Å². The molecule has 0 heterocycles. The smallest absolute Gasteiger partial charge is 0.227 e. The molecule has 1 aromatic rings. The molecule has 1 aliphatic rings. The van der Waals surface area contributed by atoms with Crippen molar-refractivity contribution in [2.24, 2.45) is 11.8 Å². The third kappa shape index (κ3) is 3.50. The minimum atomic E-state index is -0.640. The number of anilines is 1. The average molecular weight is 269 g/mol. The van der Waals surface area contributed by atoms with Crippen molar-refractivity contribution in [2.45, 2.75) is 25.7 Å². The van der Waals surface area contributed by atoms with Gasteiger partial charge in [-0.25, -0.2) is 8.78 Å². The molecule has 0 radical (unpaired) electrons. The standard InChI is InChI=1S/C14H17F2NO2/c15-11-5-6-12(16)13(7-11)17-14(19)10-3-1-9(8-18)2-4-10/h5-7,9-10,18H,1-4,8H2,(H,17,19). The van der Waals surface area contributed by atoms with Crippen LogP contribution in [0.2, 0.25) is 0 Å². The number of carbonyl (C=O) groups excluding carboxylic acids is 1. The minimum Gasteiger partial charge on any atom is -0.396 e. The molecule has 1 amide bonds. The molecule has 5 heteroatoms. The molecule has 1 aliphatic carbocycles. The molecular weight excluding hydrogens is 252 g/mol. The maximum Gasteiger partial charge on any atom is 0.227 e. The van der Waals surface area contributed by atoms with Crippen molar-refractivity contribution in [3.8, 4) is 0 Å². The maximum atomic E-state index is 13.4. The highest BCUT2D eigenvalue weighted by Gasteiger charge is 2.26. The first-order valence-electron chi connectivity index (χ1n) is 6.47. The molecule has 0 saturated heterocycles. The van der Waals surface area contributed by atoms with Gasteiger partial charge < -0.3 is 10.4 Å². The number of hydrogen-bond donors (Lipinski definition) is 2. The van der Waals surface area contributed by atoms with Crippen molar-refractivity contribution in [1.82, 2.24) is 0 Å². The molecule has 0 atom stereocenters. The number of rotatable bonds is 3. The average Bonchev–Trinajstić information content (AvgIpc) is 2.43. The van der Waals surface area contributed by atoms with Crippen LogP contribution in [0.5, 0.6) is 0 Å². The second-order valence-corrected chi connectivity index (χ2v) is 5.01. The quantitative estimate of drug-likeness (QED) is 0.886. The first-order valence-corrected chi connectivity index (χ1v) is 6.47. The lowest BCUT2D eigenvalue weighted by atomic mass is 9.82. The van der Waals surface area contributed by atoms with Gasteiger partial charge in [-0.15, -0.1) is 0 Å².